The van der Waals surface area contributed by atoms with Crippen LogP contribution >= 0.6 is 24.0 Å². The molecule has 0 amide bonds. The molecule has 0 spiro atoms. The lowest BCUT2D eigenvalue weighted by Gasteiger charge is -2.23. The summed E-state index contributed by atoms with van der Waals surface area (Å²) in [6.45, 7) is 6.69. The molecule has 0 bridgehead atoms. The molecule has 9 heteroatoms. The smallest absolute Gasteiger partial charge is 0.352 e. The van der Waals surface area contributed by atoms with Gasteiger partial charge in [0, 0.05) is 50.8 Å². The summed E-state index contributed by atoms with van der Waals surface area (Å²) in [6, 6.07) is 11.2. The van der Waals surface area contributed by atoms with Crippen molar-refractivity contribution in [2.24, 2.45) is 4.99 Å². The molecule has 0 aliphatic carbocycles. The third-order valence-electron chi connectivity index (χ3n) is 5.61. The second-order valence-electron chi connectivity index (χ2n) is 8.14. The highest BCUT2D eigenvalue weighted by Crippen LogP contribution is 2.21. The van der Waals surface area contributed by atoms with Crippen molar-refractivity contribution in [3.8, 4) is 0 Å². The number of nitrogens with one attached hydrogen (secondary N) is 2. The molecule has 3 atom stereocenters. The summed E-state index contributed by atoms with van der Waals surface area (Å²) in [7, 11) is 0. The summed E-state index contributed by atoms with van der Waals surface area (Å²) in [6.07, 6.45) is -2.43. The monoisotopic (exact) mass is 539 g/mol. The lowest BCUT2D eigenvalue weighted by molar-refractivity contribution is -0.143. The number of likely N-dealkylation sites (tertiary alicyclic amines) is 2. The predicted octanol–water partition coefficient (Wildman–Crippen LogP) is 3.46. The first-order chi connectivity index (χ1) is 13.8. The van der Waals surface area contributed by atoms with E-state index in [2.05, 4.69) is 51.7 Å². The molecule has 2 aliphatic rings. The molecule has 30 heavy (non-hydrogen) atoms. The van der Waals surface area contributed by atoms with Gasteiger partial charge in [0.05, 0.1) is 6.54 Å². The maximum absolute atomic E-state index is 12.6. The molecule has 2 fully saturated rings. The Kier molecular flexibility index (Phi) is 9.67. The lowest BCUT2D eigenvalue weighted by atomic mass is 10.2. The average Bonchev–Trinajstić information content (AvgIpc) is 3.21. The van der Waals surface area contributed by atoms with Crippen LogP contribution in [0.1, 0.15) is 32.3 Å². The van der Waals surface area contributed by atoms with Gasteiger partial charge in [-0.2, -0.15) is 13.2 Å². The average molecular weight is 539 g/mol. The van der Waals surface area contributed by atoms with E-state index < -0.39 is 12.7 Å². The first kappa shape index (κ1) is 25.2. The van der Waals surface area contributed by atoms with Crippen LogP contribution in [0, 0.1) is 0 Å². The number of guanidine groups is 1. The van der Waals surface area contributed by atoms with E-state index in [9.17, 15) is 13.2 Å². The summed E-state index contributed by atoms with van der Waals surface area (Å²) in [5.74, 6) is 0.713. The topological polar surface area (TPSA) is 42.9 Å². The predicted molar refractivity (Wildman–Crippen MR) is 125 cm³/mol. The molecule has 5 nitrogen and oxygen atoms in total. The number of alkyl halides is 3. The Balaban J connectivity index is 0.00000320. The fourth-order valence-corrected chi connectivity index (χ4v) is 4.27. The zero-order valence-corrected chi connectivity index (χ0v) is 20.0. The van der Waals surface area contributed by atoms with E-state index in [1.165, 1.54) is 10.5 Å². The van der Waals surface area contributed by atoms with Crippen LogP contribution in [-0.4, -0.2) is 72.8 Å². The first-order valence-electron chi connectivity index (χ1n) is 10.5. The summed E-state index contributed by atoms with van der Waals surface area (Å²) >= 11 is 0. The highest BCUT2D eigenvalue weighted by atomic mass is 127. The Bertz CT molecular complexity index is 670. The van der Waals surface area contributed by atoms with E-state index in [1.54, 1.807) is 0 Å². The quantitative estimate of drug-likeness (QED) is 0.330. The Labute approximate surface area is 194 Å². The van der Waals surface area contributed by atoms with Crippen molar-refractivity contribution < 1.29 is 13.2 Å². The molecule has 0 aromatic heterocycles. The van der Waals surface area contributed by atoms with E-state index in [1.807, 2.05) is 13.0 Å². The van der Waals surface area contributed by atoms with Crippen molar-refractivity contribution >= 4 is 29.9 Å². The van der Waals surface area contributed by atoms with Crippen LogP contribution in [0.25, 0.3) is 0 Å². The summed E-state index contributed by atoms with van der Waals surface area (Å²) in [5, 5.41) is 6.86. The molecule has 2 N–H and O–H groups in total. The number of hydrogen-bond acceptors (Lipinski definition) is 3. The van der Waals surface area contributed by atoms with Gasteiger partial charge in [-0.05, 0) is 32.3 Å². The number of benzene rings is 1. The van der Waals surface area contributed by atoms with Gasteiger partial charge in [0.1, 0.15) is 0 Å². The molecule has 1 aromatic rings. The number of nitrogens with zero attached hydrogens (tertiary/aromatic N) is 3. The molecule has 2 heterocycles. The van der Waals surface area contributed by atoms with Gasteiger partial charge in [-0.1, -0.05) is 30.3 Å². The van der Waals surface area contributed by atoms with Crippen molar-refractivity contribution in [3.05, 3.63) is 35.9 Å². The zero-order valence-electron chi connectivity index (χ0n) is 17.7. The van der Waals surface area contributed by atoms with Gasteiger partial charge in [0.25, 0.3) is 0 Å². The highest BCUT2D eigenvalue weighted by molar-refractivity contribution is 14.0. The Morgan fingerprint density at radius 3 is 2.50 bits per heavy atom. The Morgan fingerprint density at radius 2 is 1.83 bits per heavy atom. The lowest BCUT2D eigenvalue weighted by Crippen LogP contribution is -2.49. The largest absolute Gasteiger partial charge is 0.401 e. The molecule has 1 aromatic carbocycles. The molecule has 3 unspecified atom stereocenters. The highest BCUT2D eigenvalue weighted by Gasteiger charge is 2.35. The molecular weight excluding hydrogens is 506 g/mol. The van der Waals surface area contributed by atoms with Gasteiger partial charge >= 0.3 is 6.18 Å². The van der Waals surface area contributed by atoms with Gasteiger partial charge in [-0.3, -0.25) is 14.8 Å². The fourth-order valence-electron chi connectivity index (χ4n) is 4.27. The minimum absolute atomic E-state index is 0. The third kappa shape index (κ3) is 7.88. The summed E-state index contributed by atoms with van der Waals surface area (Å²) in [4.78, 5) is 8.43. The number of halogens is 4. The van der Waals surface area contributed by atoms with Gasteiger partial charge in [0.2, 0.25) is 0 Å². The molecule has 2 aliphatic heterocycles. The van der Waals surface area contributed by atoms with E-state index in [0.29, 0.717) is 38.1 Å². The van der Waals surface area contributed by atoms with E-state index in [-0.39, 0.29) is 36.1 Å². The van der Waals surface area contributed by atoms with E-state index in [4.69, 9.17) is 0 Å². The molecule has 2 saturated heterocycles. The van der Waals surface area contributed by atoms with E-state index in [0.717, 1.165) is 19.5 Å². The van der Waals surface area contributed by atoms with Crippen LogP contribution in [0.2, 0.25) is 0 Å². The van der Waals surface area contributed by atoms with Crippen molar-refractivity contribution in [3.63, 3.8) is 0 Å². The van der Waals surface area contributed by atoms with Gasteiger partial charge < -0.3 is 10.6 Å². The second-order valence-corrected chi connectivity index (χ2v) is 8.14. The number of rotatable bonds is 6. The maximum Gasteiger partial charge on any atom is 0.401 e. The number of aliphatic imine (C=N–C) groups is 1. The zero-order chi connectivity index (χ0) is 20.9. The van der Waals surface area contributed by atoms with Crippen LogP contribution in [-0.2, 0) is 6.54 Å². The normalized spacial score (nSPS) is 25.9. The van der Waals surface area contributed by atoms with Gasteiger partial charge in [-0.15, -0.1) is 24.0 Å². The SMILES string of the molecule is CCN=C(NC1CCN(CC(F)(F)F)C1)NC1CC(C)N(Cc2ccccc2)C1.I. The molecular formula is C21H33F3IN5. The van der Waals surface area contributed by atoms with E-state index >= 15 is 0 Å². The maximum atomic E-state index is 12.6. The second kappa shape index (κ2) is 11.5. The molecule has 0 saturated carbocycles. The van der Waals surface area contributed by atoms with Crippen LogP contribution in [0.3, 0.4) is 0 Å². The Hall–Kier alpha value is -1.07. The Morgan fingerprint density at radius 1 is 1.13 bits per heavy atom. The van der Waals surface area contributed by atoms with Crippen molar-refractivity contribution in [2.75, 3.05) is 32.7 Å². The minimum Gasteiger partial charge on any atom is -0.352 e. The van der Waals surface area contributed by atoms with Crippen LogP contribution in [0.5, 0.6) is 0 Å². The minimum atomic E-state index is -4.14. The summed E-state index contributed by atoms with van der Waals surface area (Å²) < 4.78 is 37.8. The fraction of sp³-hybridized carbons (Fsp3) is 0.667. The molecule has 170 valence electrons. The molecule has 0 radical (unpaired) electrons. The van der Waals surface area contributed by atoms with Crippen LogP contribution in [0.4, 0.5) is 13.2 Å². The van der Waals surface area contributed by atoms with Gasteiger partial charge in [-0.25, -0.2) is 0 Å². The van der Waals surface area contributed by atoms with Crippen molar-refractivity contribution in [1.82, 2.24) is 20.4 Å². The van der Waals surface area contributed by atoms with Crippen LogP contribution in [0.15, 0.2) is 35.3 Å². The van der Waals surface area contributed by atoms with Crippen molar-refractivity contribution in [2.45, 2.75) is 57.5 Å². The third-order valence-corrected chi connectivity index (χ3v) is 5.61. The summed E-state index contributed by atoms with van der Waals surface area (Å²) in [5.41, 5.74) is 1.30. The number of hydrogen-bond donors (Lipinski definition) is 2. The molecule has 3 rings (SSSR count). The van der Waals surface area contributed by atoms with Crippen molar-refractivity contribution in [1.29, 1.82) is 0 Å². The van der Waals surface area contributed by atoms with Gasteiger partial charge in [0.15, 0.2) is 5.96 Å². The standard InChI is InChI=1S/C21H32F3N5.HI/c1-3-25-20(26-18-9-10-28(13-18)15-21(22,23)24)27-19-11-16(2)29(14-19)12-17-7-5-4-6-8-17;/h4-8,16,18-19H,3,9-15H2,1-2H3,(H2,25,26,27);1H. The first-order valence-corrected chi connectivity index (χ1v) is 10.5. The van der Waals surface area contributed by atoms with Crippen LogP contribution < -0.4 is 10.6 Å².